The van der Waals surface area contributed by atoms with Gasteiger partial charge in [0.25, 0.3) is 5.91 Å². The highest BCUT2D eigenvalue weighted by molar-refractivity contribution is 6.04. The minimum atomic E-state index is -0.958. The van der Waals surface area contributed by atoms with Gasteiger partial charge in [-0.25, -0.2) is 4.79 Å². The van der Waals surface area contributed by atoms with Crippen LogP contribution in [0.3, 0.4) is 0 Å². The Balaban J connectivity index is 1.75. The number of nitrogens with zero attached hydrogens (tertiary/aromatic N) is 1. The van der Waals surface area contributed by atoms with Crippen molar-refractivity contribution < 1.29 is 14.7 Å². The smallest absolute Gasteiger partial charge is 0.335 e. The van der Waals surface area contributed by atoms with E-state index in [4.69, 9.17) is 0 Å². The summed E-state index contributed by atoms with van der Waals surface area (Å²) in [6.07, 6.45) is 1.56. The number of aromatic amines is 1. The lowest BCUT2D eigenvalue weighted by Gasteiger charge is -2.34. The van der Waals surface area contributed by atoms with Gasteiger partial charge in [0, 0.05) is 17.4 Å². The number of aromatic nitrogens is 1. The molecule has 0 saturated heterocycles. The van der Waals surface area contributed by atoms with Crippen molar-refractivity contribution in [2.75, 3.05) is 6.54 Å². The molecule has 3 aromatic rings. The van der Waals surface area contributed by atoms with Gasteiger partial charge in [0.1, 0.15) is 5.69 Å². The summed E-state index contributed by atoms with van der Waals surface area (Å²) in [4.78, 5) is 29.5. The van der Waals surface area contributed by atoms with Crippen LogP contribution in [-0.4, -0.2) is 33.4 Å². The van der Waals surface area contributed by atoms with Crippen molar-refractivity contribution in [1.29, 1.82) is 0 Å². The summed E-state index contributed by atoms with van der Waals surface area (Å²) in [6.45, 7) is 2.72. The lowest BCUT2D eigenvalue weighted by Crippen LogP contribution is -2.40. The molecule has 0 spiro atoms. The molecule has 26 heavy (non-hydrogen) atoms. The summed E-state index contributed by atoms with van der Waals surface area (Å²) in [7, 11) is 0. The molecule has 2 aromatic carbocycles. The fourth-order valence-corrected chi connectivity index (χ4v) is 3.91. The quantitative estimate of drug-likeness (QED) is 0.748. The second kappa shape index (κ2) is 6.33. The van der Waals surface area contributed by atoms with Gasteiger partial charge < -0.3 is 15.0 Å². The predicted octanol–water partition coefficient (Wildman–Crippen LogP) is 4.02. The first-order valence-electron chi connectivity index (χ1n) is 8.84. The summed E-state index contributed by atoms with van der Waals surface area (Å²) in [5, 5.41) is 10.1. The second-order valence-corrected chi connectivity index (χ2v) is 6.63. The molecule has 1 unspecified atom stereocenters. The maximum absolute atomic E-state index is 13.2. The van der Waals surface area contributed by atoms with Crippen molar-refractivity contribution in [3.63, 3.8) is 0 Å². The van der Waals surface area contributed by atoms with E-state index in [2.05, 4.69) is 24.0 Å². The molecule has 1 aliphatic heterocycles. The van der Waals surface area contributed by atoms with Crippen LogP contribution in [0.25, 0.3) is 10.9 Å². The molecule has 2 N–H and O–H groups in total. The van der Waals surface area contributed by atoms with E-state index in [9.17, 15) is 14.7 Å². The van der Waals surface area contributed by atoms with Gasteiger partial charge in [-0.1, -0.05) is 37.3 Å². The number of hydrogen-bond donors (Lipinski definition) is 2. The summed E-state index contributed by atoms with van der Waals surface area (Å²) in [5.74, 6) is -0.976. The van der Waals surface area contributed by atoms with Crippen LogP contribution >= 0.6 is 0 Å². The molecule has 5 nitrogen and oxygen atoms in total. The molecule has 1 atom stereocenters. The third kappa shape index (κ3) is 2.56. The maximum Gasteiger partial charge on any atom is 0.335 e. The average Bonchev–Trinajstić information content (AvgIpc) is 3.04. The highest BCUT2D eigenvalue weighted by Crippen LogP contribution is 2.33. The Morgan fingerprint density at radius 1 is 1.23 bits per heavy atom. The van der Waals surface area contributed by atoms with Crippen LogP contribution in [0, 0.1) is 0 Å². The maximum atomic E-state index is 13.2. The standard InChI is InChI=1S/C21H20N2O3/c1-2-18(13-6-4-3-5-7-13)23-11-10-15-16-12-14(21(25)26)8-9-17(16)22-19(15)20(23)24/h3-9,12,18,22H,2,10-11H2,1H3,(H,25,26). The third-order valence-corrected chi connectivity index (χ3v) is 5.18. The van der Waals surface area contributed by atoms with E-state index in [0.29, 0.717) is 18.7 Å². The minimum Gasteiger partial charge on any atom is -0.478 e. The van der Waals surface area contributed by atoms with E-state index in [1.165, 1.54) is 0 Å². The third-order valence-electron chi connectivity index (χ3n) is 5.18. The molecule has 4 rings (SSSR count). The van der Waals surface area contributed by atoms with Crippen molar-refractivity contribution in [1.82, 2.24) is 9.88 Å². The Morgan fingerprint density at radius 3 is 2.69 bits per heavy atom. The Bertz CT molecular complexity index is 991. The second-order valence-electron chi connectivity index (χ2n) is 6.63. The number of carboxylic acid groups (broad SMARTS) is 1. The van der Waals surface area contributed by atoms with E-state index in [1.54, 1.807) is 18.2 Å². The lowest BCUT2D eigenvalue weighted by atomic mass is 9.96. The van der Waals surface area contributed by atoms with Gasteiger partial charge in [0.2, 0.25) is 0 Å². The Labute approximate surface area is 151 Å². The van der Waals surface area contributed by atoms with E-state index in [0.717, 1.165) is 28.5 Å². The van der Waals surface area contributed by atoms with Crippen molar-refractivity contribution in [3.8, 4) is 0 Å². The van der Waals surface area contributed by atoms with Crippen LogP contribution < -0.4 is 0 Å². The number of H-pyrrole nitrogens is 1. The summed E-state index contributed by atoms with van der Waals surface area (Å²) in [5.41, 5.74) is 3.69. The number of carboxylic acids is 1. The molecule has 0 bridgehead atoms. The van der Waals surface area contributed by atoms with Crippen LogP contribution in [0.15, 0.2) is 48.5 Å². The molecule has 0 fully saturated rings. The number of carbonyl (C=O) groups excluding carboxylic acids is 1. The van der Waals surface area contributed by atoms with Gasteiger partial charge >= 0.3 is 5.97 Å². The molecular formula is C21H20N2O3. The zero-order valence-corrected chi connectivity index (χ0v) is 14.5. The fraction of sp³-hybridized carbons (Fsp3) is 0.238. The highest BCUT2D eigenvalue weighted by Gasteiger charge is 2.32. The molecule has 132 valence electrons. The molecule has 0 radical (unpaired) electrons. The van der Waals surface area contributed by atoms with Crippen molar-refractivity contribution >= 4 is 22.8 Å². The normalized spacial score (nSPS) is 15.1. The number of benzene rings is 2. The van der Waals surface area contributed by atoms with Gasteiger partial charge in [-0.05, 0) is 42.2 Å². The van der Waals surface area contributed by atoms with E-state index in [-0.39, 0.29) is 17.5 Å². The van der Waals surface area contributed by atoms with Crippen molar-refractivity contribution in [2.24, 2.45) is 0 Å². The van der Waals surface area contributed by atoms with Gasteiger partial charge in [-0.3, -0.25) is 4.79 Å². The minimum absolute atomic E-state index is 0.0185. The van der Waals surface area contributed by atoms with Crippen LogP contribution in [0.2, 0.25) is 0 Å². The number of carbonyl (C=O) groups is 2. The number of rotatable bonds is 4. The van der Waals surface area contributed by atoms with Crippen LogP contribution in [0.5, 0.6) is 0 Å². The SMILES string of the molecule is CCC(c1ccccc1)N1CCc2c([nH]c3ccc(C(=O)O)cc23)C1=O. The fourth-order valence-electron chi connectivity index (χ4n) is 3.91. The number of amides is 1. The number of fused-ring (bicyclic) bond motifs is 3. The molecule has 1 aromatic heterocycles. The molecule has 5 heteroatoms. The van der Waals surface area contributed by atoms with E-state index in [1.807, 2.05) is 23.1 Å². The van der Waals surface area contributed by atoms with Gasteiger partial charge in [0.05, 0.1) is 11.6 Å². The van der Waals surface area contributed by atoms with Crippen molar-refractivity contribution in [3.05, 3.63) is 70.9 Å². The van der Waals surface area contributed by atoms with E-state index >= 15 is 0 Å². The predicted molar refractivity (Wildman–Crippen MR) is 99.5 cm³/mol. The van der Waals surface area contributed by atoms with Crippen molar-refractivity contribution in [2.45, 2.75) is 25.8 Å². The van der Waals surface area contributed by atoms with Crippen LogP contribution in [0.1, 0.15) is 51.4 Å². The molecule has 1 aliphatic rings. The number of nitrogens with one attached hydrogen (secondary N) is 1. The van der Waals surface area contributed by atoms with Gasteiger partial charge in [-0.15, -0.1) is 0 Å². The summed E-state index contributed by atoms with van der Waals surface area (Å²) < 4.78 is 0. The van der Waals surface area contributed by atoms with Gasteiger partial charge in [-0.2, -0.15) is 0 Å². The number of aromatic carboxylic acids is 1. The monoisotopic (exact) mass is 348 g/mol. The Hall–Kier alpha value is -3.08. The molecular weight excluding hydrogens is 328 g/mol. The van der Waals surface area contributed by atoms with E-state index < -0.39 is 5.97 Å². The van der Waals surface area contributed by atoms with Gasteiger partial charge in [0.15, 0.2) is 0 Å². The molecule has 0 aliphatic carbocycles. The zero-order chi connectivity index (χ0) is 18.3. The lowest BCUT2D eigenvalue weighted by molar-refractivity contribution is 0.0645. The first kappa shape index (κ1) is 16.4. The zero-order valence-electron chi connectivity index (χ0n) is 14.5. The molecule has 0 saturated carbocycles. The highest BCUT2D eigenvalue weighted by atomic mass is 16.4. The topological polar surface area (TPSA) is 73.4 Å². The Morgan fingerprint density at radius 2 is 2.00 bits per heavy atom. The molecule has 1 amide bonds. The average molecular weight is 348 g/mol. The van der Waals surface area contributed by atoms with Crippen LogP contribution in [0.4, 0.5) is 0 Å². The number of hydrogen-bond acceptors (Lipinski definition) is 2. The largest absolute Gasteiger partial charge is 0.478 e. The van der Waals surface area contributed by atoms with Crippen LogP contribution in [-0.2, 0) is 6.42 Å². The first-order chi connectivity index (χ1) is 12.6. The summed E-state index contributed by atoms with van der Waals surface area (Å²) >= 11 is 0. The summed E-state index contributed by atoms with van der Waals surface area (Å²) in [6, 6.07) is 15.1. The molecule has 2 heterocycles. The first-order valence-corrected chi connectivity index (χ1v) is 8.84. The Kier molecular flexibility index (Phi) is 3.99.